The molecule has 166 valence electrons. The minimum absolute atomic E-state index is 0.125. The summed E-state index contributed by atoms with van der Waals surface area (Å²) in [5, 5.41) is 3.92. The van der Waals surface area contributed by atoms with Crippen LogP contribution in [0.3, 0.4) is 0 Å². The first-order valence-electron chi connectivity index (χ1n) is 9.13. The third-order valence-electron chi connectivity index (χ3n) is 3.92. The van der Waals surface area contributed by atoms with Crippen LogP contribution in [0.2, 0.25) is 0 Å². The van der Waals surface area contributed by atoms with E-state index in [1.165, 1.54) is 18.2 Å². The topological polar surface area (TPSA) is 98.7 Å². The minimum Gasteiger partial charge on any atom is -0.497 e. The molecule has 0 atom stereocenters. The highest BCUT2D eigenvalue weighted by Gasteiger charge is 2.14. The van der Waals surface area contributed by atoms with Gasteiger partial charge in [-0.3, -0.25) is 9.59 Å². The maximum absolute atomic E-state index is 11.9. The Morgan fingerprint density at radius 3 is 2.32 bits per heavy atom. The standard InChI is InChI=1S/C21H24BrN3O6/c1-25(2)20(27)13-31-21-17(22)9-14(10-18(21)29-4)11-23-24-19(26)12-30-16-7-5-15(28-3)6-8-16/h5-11H,12-13H2,1-4H3,(H,24,26). The Labute approximate surface area is 189 Å². The monoisotopic (exact) mass is 493 g/mol. The van der Waals surface area contributed by atoms with Gasteiger partial charge in [-0.25, -0.2) is 5.43 Å². The zero-order valence-corrected chi connectivity index (χ0v) is 19.3. The number of carbonyl (C=O) groups is 2. The first-order valence-corrected chi connectivity index (χ1v) is 9.92. The lowest BCUT2D eigenvalue weighted by Gasteiger charge is -2.15. The van der Waals surface area contributed by atoms with Gasteiger partial charge in [-0.1, -0.05) is 0 Å². The summed E-state index contributed by atoms with van der Waals surface area (Å²) in [5.74, 6) is 1.45. The van der Waals surface area contributed by atoms with E-state index in [2.05, 4.69) is 26.5 Å². The number of methoxy groups -OCH3 is 2. The van der Waals surface area contributed by atoms with Crippen LogP contribution in [-0.4, -0.2) is 64.5 Å². The average molecular weight is 494 g/mol. The van der Waals surface area contributed by atoms with Gasteiger partial charge in [-0.05, 0) is 57.9 Å². The number of rotatable bonds is 10. The molecular formula is C21H24BrN3O6. The molecule has 2 rings (SSSR count). The predicted molar refractivity (Wildman–Crippen MR) is 119 cm³/mol. The first-order chi connectivity index (χ1) is 14.8. The molecule has 0 aliphatic heterocycles. The summed E-state index contributed by atoms with van der Waals surface area (Å²) in [6.45, 7) is -0.316. The molecule has 0 saturated carbocycles. The van der Waals surface area contributed by atoms with Gasteiger partial charge in [0.2, 0.25) is 0 Å². The Kier molecular flexibility index (Phi) is 9.13. The van der Waals surface area contributed by atoms with Gasteiger partial charge in [-0.2, -0.15) is 5.10 Å². The second-order valence-corrected chi connectivity index (χ2v) is 7.22. The number of benzene rings is 2. The van der Waals surface area contributed by atoms with Crippen LogP contribution in [0, 0.1) is 0 Å². The number of hydrogen-bond acceptors (Lipinski definition) is 7. The third-order valence-corrected chi connectivity index (χ3v) is 4.51. The lowest BCUT2D eigenvalue weighted by Crippen LogP contribution is -2.27. The lowest BCUT2D eigenvalue weighted by atomic mass is 10.2. The van der Waals surface area contributed by atoms with Gasteiger partial charge >= 0.3 is 0 Å². The Bertz CT molecular complexity index is 931. The van der Waals surface area contributed by atoms with Crippen molar-refractivity contribution >= 4 is 34.0 Å². The molecule has 0 bridgehead atoms. The summed E-state index contributed by atoms with van der Waals surface area (Å²) in [7, 11) is 6.35. The third kappa shape index (κ3) is 7.49. The van der Waals surface area contributed by atoms with Crippen LogP contribution in [0.1, 0.15) is 5.56 Å². The summed E-state index contributed by atoms with van der Waals surface area (Å²) < 4.78 is 21.9. The van der Waals surface area contributed by atoms with Gasteiger partial charge in [0.1, 0.15) is 11.5 Å². The highest BCUT2D eigenvalue weighted by molar-refractivity contribution is 9.10. The van der Waals surface area contributed by atoms with E-state index in [4.69, 9.17) is 18.9 Å². The Morgan fingerprint density at radius 2 is 1.71 bits per heavy atom. The number of amides is 2. The Hall–Kier alpha value is -3.27. The van der Waals surface area contributed by atoms with Crippen molar-refractivity contribution in [3.8, 4) is 23.0 Å². The van der Waals surface area contributed by atoms with Crippen LogP contribution in [0.5, 0.6) is 23.0 Å². The van der Waals surface area contributed by atoms with Crippen molar-refractivity contribution in [2.24, 2.45) is 5.10 Å². The number of carbonyl (C=O) groups excluding carboxylic acids is 2. The van der Waals surface area contributed by atoms with Crippen molar-refractivity contribution in [1.82, 2.24) is 10.3 Å². The van der Waals surface area contributed by atoms with Crippen LogP contribution in [-0.2, 0) is 9.59 Å². The molecule has 31 heavy (non-hydrogen) atoms. The molecule has 2 amide bonds. The smallest absolute Gasteiger partial charge is 0.277 e. The molecule has 9 nitrogen and oxygen atoms in total. The van der Waals surface area contributed by atoms with Gasteiger partial charge in [-0.15, -0.1) is 0 Å². The van der Waals surface area contributed by atoms with Crippen LogP contribution in [0.25, 0.3) is 0 Å². The number of likely N-dealkylation sites (N-methyl/N-ethyl adjacent to an activating group) is 1. The maximum atomic E-state index is 11.9. The fourth-order valence-electron chi connectivity index (χ4n) is 2.25. The van der Waals surface area contributed by atoms with Crippen LogP contribution in [0.4, 0.5) is 0 Å². The number of nitrogens with zero attached hydrogens (tertiary/aromatic N) is 2. The van der Waals surface area contributed by atoms with Gasteiger partial charge in [0.25, 0.3) is 11.8 Å². The number of ether oxygens (including phenoxy) is 4. The zero-order chi connectivity index (χ0) is 22.8. The van der Waals surface area contributed by atoms with E-state index in [1.54, 1.807) is 57.6 Å². The van der Waals surface area contributed by atoms with Crippen molar-refractivity contribution in [1.29, 1.82) is 0 Å². The van der Waals surface area contributed by atoms with E-state index in [9.17, 15) is 9.59 Å². The van der Waals surface area contributed by atoms with E-state index in [1.807, 2.05) is 0 Å². The summed E-state index contributed by atoms with van der Waals surface area (Å²) in [6, 6.07) is 10.3. The van der Waals surface area contributed by atoms with Gasteiger partial charge in [0, 0.05) is 14.1 Å². The highest BCUT2D eigenvalue weighted by atomic mass is 79.9. The largest absolute Gasteiger partial charge is 0.497 e. The van der Waals surface area contributed by atoms with Crippen molar-refractivity contribution in [3.05, 3.63) is 46.4 Å². The molecule has 0 saturated heterocycles. The molecule has 0 unspecified atom stereocenters. The molecule has 0 heterocycles. The Balaban J connectivity index is 1.92. The molecule has 2 aromatic carbocycles. The summed E-state index contributed by atoms with van der Waals surface area (Å²) >= 11 is 3.40. The first kappa shape index (κ1) is 24.0. The van der Waals surface area contributed by atoms with Gasteiger partial charge in [0.05, 0.1) is 24.9 Å². The second kappa shape index (κ2) is 11.8. The normalized spacial score (nSPS) is 10.5. The maximum Gasteiger partial charge on any atom is 0.277 e. The number of halogens is 1. The number of nitrogens with one attached hydrogen (secondary N) is 1. The molecule has 0 aliphatic rings. The van der Waals surface area contributed by atoms with E-state index < -0.39 is 5.91 Å². The minimum atomic E-state index is -0.416. The second-order valence-electron chi connectivity index (χ2n) is 6.37. The van der Waals surface area contributed by atoms with Crippen LogP contribution < -0.4 is 24.4 Å². The molecule has 10 heteroatoms. The molecule has 0 aromatic heterocycles. The van der Waals surface area contributed by atoms with Crippen molar-refractivity contribution in [3.63, 3.8) is 0 Å². The van der Waals surface area contributed by atoms with Crippen LogP contribution >= 0.6 is 15.9 Å². The van der Waals surface area contributed by atoms with E-state index in [0.29, 0.717) is 33.0 Å². The van der Waals surface area contributed by atoms with E-state index in [-0.39, 0.29) is 19.1 Å². The molecule has 0 fully saturated rings. The number of hydrogen-bond donors (Lipinski definition) is 1. The van der Waals surface area contributed by atoms with E-state index >= 15 is 0 Å². The SMILES string of the molecule is COc1ccc(OCC(=O)NN=Cc2cc(Br)c(OCC(=O)N(C)C)c(OC)c2)cc1. The van der Waals surface area contributed by atoms with Gasteiger partial charge < -0.3 is 23.8 Å². The average Bonchev–Trinajstić information content (AvgIpc) is 2.76. The Morgan fingerprint density at radius 1 is 1.03 bits per heavy atom. The van der Waals surface area contributed by atoms with Gasteiger partial charge in [0.15, 0.2) is 24.7 Å². The molecule has 0 radical (unpaired) electrons. The summed E-state index contributed by atoms with van der Waals surface area (Å²) in [6.07, 6.45) is 1.45. The predicted octanol–water partition coefficient (Wildman–Crippen LogP) is 2.46. The van der Waals surface area contributed by atoms with Crippen molar-refractivity contribution in [2.45, 2.75) is 0 Å². The highest BCUT2D eigenvalue weighted by Crippen LogP contribution is 2.36. The van der Waals surface area contributed by atoms with Crippen LogP contribution in [0.15, 0.2) is 46.0 Å². The van der Waals surface area contributed by atoms with Crippen molar-refractivity contribution in [2.75, 3.05) is 41.5 Å². The van der Waals surface area contributed by atoms with E-state index in [0.717, 1.165) is 0 Å². The fraction of sp³-hybridized carbons (Fsp3) is 0.286. The van der Waals surface area contributed by atoms with Crippen molar-refractivity contribution < 1.29 is 28.5 Å². The molecule has 1 N–H and O–H groups in total. The number of hydrazone groups is 1. The quantitative estimate of drug-likeness (QED) is 0.403. The molecule has 0 aliphatic carbocycles. The molecule has 0 spiro atoms. The zero-order valence-electron chi connectivity index (χ0n) is 17.7. The molecule has 2 aromatic rings. The molecular weight excluding hydrogens is 470 g/mol. The fourth-order valence-corrected chi connectivity index (χ4v) is 2.82. The summed E-state index contributed by atoms with van der Waals surface area (Å²) in [5.41, 5.74) is 3.04. The lowest BCUT2D eigenvalue weighted by molar-refractivity contribution is -0.130. The summed E-state index contributed by atoms with van der Waals surface area (Å²) in [4.78, 5) is 25.1.